The first-order valence-corrected chi connectivity index (χ1v) is 40.2. The number of carbonyl (C=O) groups excluding carboxylic acids is 4. The molecule has 0 saturated carbocycles. The molecule has 0 aromatic carbocycles. The lowest BCUT2D eigenvalue weighted by molar-refractivity contribution is -0.161. The molecule has 0 saturated heterocycles. The fourth-order valence-corrected chi connectivity index (χ4v) is 12.4. The van der Waals surface area contributed by atoms with Crippen molar-refractivity contribution in [1.82, 2.24) is 0 Å². The standard InChI is InChI=1S/C72H140O17P2/c1-9-65(8)51-43-35-26-22-23-29-39-47-55-72(77)89-68(59-83-70(75)53-45-37-31-30-34-42-50-64(6)7)61-87-91(80,81)85-57-66(73)56-84-90(78,79)86-60-67(88-71(76)54-46-38-28-21-17-13-15-19-25-33-41-49-63(4)5)58-82-69(74)52-44-36-27-20-16-12-10-11-14-18-24-32-40-48-62(2)3/h62-68,73H,9-61H2,1-8H3,(H,78,79)(H,80,81)/t65?,66-,67-,68-/m1/s1. The van der Waals surface area contributed by atoms with E-state index in [1.807, 2.05) is 0 Å². The highest BCUT2D eigenvalue weighted by molar-refractivity contribution is 7.47. The van der Waals surface area contributed by atoms with E-state index in [0.717, 1.165) is 114 Å². The second-order valence-corrected chi connectivity index (χ2v) is 30.6. The summed E-state index contributed by atoms with van der Waals surface area (Å²) < 4.78 is 68.3. The maximum absolute atomic E-state index is 13.0. The third-order valence-electron chi connectivity index (χ3n) is 16.9. The number of rotatable bonds is 69. The van der Waals surface area contributed by atoms with Gasteiger partial charge in [-0.25, -0.2) is 9.13 Å². The molecule has 0 aromatic rings. The minimum atomic E-state index is -4.95. The van der Waals surface area contributed by atoms with E-state index in [-0.39, 0.29) is 25.7 Å². The molecule has 0 aliphatic heterocycles. The van der Waals surface area contributed by atoms with Crippen molar-refractivity contribution < 1.29 is 80.2 Å². The average Bonchev–Trinajstić information content (AvgIpc) is 3.59. The average molecular weight is 1340 g/mol. The highest BCUT2D eigenvalue weighted by Crippen LogP contribution is 2.45. The Morgan fingerprint density at radius 3 is 0.780 bits per heavy atom. The SMILES string of the molecule is CCC(C)CCCCCCCCCCC(=O)O[C@H](COC(=O)CCCCCCCCC(C)C)COP(=O)(O)OC[C@H](O)COP(=O)(O)OC[C@@H](COC(=O)CCCCCCCCCCCCCCCC(C)C)OC(=O)CCCCCCCCCCCCCC(C)C. The molecule has 0 amide bonds. The van der Waals surface area contributed by atoms with Gasteiger partial charge in [0.05, 0.1) is 26.4 Å². The van der Waals surface area contributed by atoms with E-state index in [1.165, 1.54) is 154 Å². The quantitative estimate of drug-likeness (QED) is 0.0222. The number of phosphoric acid groups is 2. The maximum Gasteiger partial charge on any atom is 0.472 e. The number of aliphatic hydroxyl groups excluding tert-OH is 1. The van der Waals surface area contributed by atoms with E-state index in [9.17, 15) is 43.2 Å². The lowest BCUT2D eigenvalue weighted by atomic mass is 9.99. The number of hydrogen-bond acceptors (Lipinski definition) is 15. The molecule has 3 unspecified atom stereocenters. The van der Waals surface area contributed by atoms with Gasteiger partial charge in [-0.3, -0.25) is 37.3 Å². The summed E-state index contributed by atoms with van der Waals surface area (Å²) in [6, 6.07) is 0. The number of esters is 4. The summed E-state index contributed by atoms with van der Waals surface area (Å²) in [6.45, 7) is 14.1. The first-order valence-electron chi connectivity index (χ1n) is 37.2. The maximum atomic E-state index is 13.0. The summed E-state index contributed by atoms with van der Waals surface area (Å²) in [5.74, 6) is 0.876. The summed E-state index contributed by atoms with van der Waals surface area (Å²) in [5, 5.41) is 10.6. The van der Waals surface area contributed by atoms with Crippen LogP contribution in [0.3, 0.4) is 0 Å². The highest BCUT2D eigenvalue weighted by atomic mass is 31.2. The van der Waals surface area contributed by atoms with Gasteiger partial charge in [0.15, 0.2) is 12.2 Å². The summed E-state index contributed by atoms with van der Waals surface area (Å²) in [6.07, 6.45) is 44.5. The van der Waals surface area contributed by atoms with E-state index in [0.29, 0.717) is 31.6 Å². The van der Waals surface area contributed by atoms with Crippen molar-refractivity contribution in [3.05, 3.63) is 0 Å². The van der Waals surface area contributed by atoms with Gasteiger partial charge in [-0.2, -0.15) is 0 Å². The predicted molar refractivity (Wildman–Crippen MR) is 367 cm³/mol. The van der Waals surface area contributed by atoms with Gasteiger partial charge in [0.1, 0.15) is 19.3 Å². The molecule has 6 atom stereocenters. The van der Waals surface area contributed by atoms with E-state index in [1.54, 1.807) is 0 Å². The number of ether oxygens (including phenoxy) is 4. The predicted octanol–water partition coefficient (Wildman–Crippen LogP) is 20.5. The van der Waals surface area contributed by atoms with Crippen LogP contribution in [-0.4, -0.2) is 96.7 Å². The van der Waals surface area contributed by atoms with Crippen LogP contribution < -0.4 is 0 Å². The van der Waals surface area contributed by atoms with Crippen molar-refractivity contribution in [1.29, 1.82) is 0 Å². The number of unbranched alkanes of at least 4 members (excludes halogenated alkanes) is 34. The van der Waals surface area contributed by atoms with Crippen molar-refractivity contribution in [3.8, 4) is 0 Å². The molecule has 540 valence electrons. The fraction of sp³-hybridized carbons (Fsp3) is 0.944. The Kier molecular flexibility index (Phi) is 60.3. The van der Waals surface area contributed by atoms with E-state index in [4.69, 9.17) is 37.0 Å². The Morgan fingerprint density at radius 2 is 0.527 bits per heavy atom. The molecule has 0 bridgehead atoms. The molecule has 19 heteroatoms. The Hall–Kier alpha value is -1.94. The molecule has 3 N–H and O–H groups in total. The van der Waals surface area contributed by atoms with Gasteiger partial charge >= 0.3 is 39.5 Å². The Morgan fingerprint density at radius 1 is 0.308 bits per heavy atom. The number of aliphatic hydroxyl groups is 1. The summed E-state index contributed by atoms with van der Waals surface area (Å²) in [4.78, 5) is 72.6. The Balaban J connectivity index is 5.25. The van der Waals surface area contributed by atoms with E-state index >= 15 is 0 Å². The van der Waals surface area contributed by atoms with Crippen molar-refractivity contribution >= 4 is 39.5 Å². The largest absolute Gasteiger partial charge is 0.472 e. The Labute approximate surface area is 556 Å². The minimum absolute atomic E-state index is 0.103. The van der Waals surface area contributed by atoms with Crippen LogP contribution in [0, 0.1) is 23.7 Å². The Bertz CT molecular complexity index is 1800. The molecule has 91 heavy (non-hydrogen) atoms. The monoisotopic (exact) mass is 1340 g/mol. The first kappa shape index (κ1) is 89.1. The van der Waals surface area contributed by atoms with Gasteiger partial charge in [-0.1, -0.05) is 306 Å². The third-order valence-corrected chi connectivity index (χ3v) is 18.8. The zero-order valence-corrected chi connectivity index (χ0v) is 61.3. The van der Waals surface area contributed by atoms with Gasteiger partial charge in [-0.05, 0) is 49.4 Å². The van der Waals surface area contributed by atoms with Crippen molar-refractivity contribution in [2.24, 2.45) is 23.7 Å². The van der Waals surface area contributed by atoms with Crippen LogP contribution in [0.4, 0.5) is 0 Å². The van der Waals surface area contributed by atoms with Crippen molar-refractivity contribution in [2.45, 2.75) is 375 Å². The summed E-state index contributed by atoms with van der Waals surface area (Å²) >= 11 is 0. The van der Waals surface area contributed by atoms with Crippen molar-refractivity contribution in [2.75, 3.05) is 39.6 Å². The van der Waals surface area contributed by atoms with Crippen LogP contribution in [0.25, 0.3) is 0 Å². The minimum Gasteiger partial charge on any atom is -0.462 e. The van der Waals surface area contributed by atoms with Crippen LogP contribution in [0.5, 0.6) is 0 Å². The molecule has 0 fully saturated rings. The zero-order valence-electron chi connectivity index (χ0n) is 59.5. The van der Waals surface area contributed by atoms with Crippen LogP contribution in [-0.2, 0) is 65.4 Å². The molecule has 0 heterocycles. The number of phosphoric ester groups is 2. The summed E-state index contributed by atoms with van der Waals surface area (Å²) in [5.41, 5.74) is 0. The van der Waals surface area contributed by atoms with Crippen LogP contribution >= 0.6 is 15.6 Å². The number of hydrogen-bond donors (Lipinski definition) is 3. The van der Waals surface area contributed by atoms with Gasteiger partial charge in [0.2, 0.25) is 0 Å². The van der Waals surface area contributed by atoms with Crippen molar-refractivity contribution in [3.63, 3.8) is 0 Å². The van der Waals surface area contributed by atoms with Crippen LogP contribution in [0.1, 0.15) is 357 Å². The smallest absolute Gasteiger partial charge is 0.462 e. The summed E-state index contributed by atoms with van der Waals surface area (Å²) in [7, 11) is -9.91. The topological polar surface area (TPSA) is 237 Å². The molecule has 0 aromatic heterocycles. The molecule has 0 aliphatic rings. The van der Waals surface area contributed by atoms with Crippen LogP contribution in [0.15, 0.2) is 0 Å². The van der Waals surface area contributed by atoms with E-state index in [2.05, 4.69) is 55.4 Å². The van der Waals surface area contributed by atoms with Crippen LogP contribution in [0.2, 0.25) is 0 Å². The van der Waals surface area contributed by atoms with Gasteiger partial charge in [-0.15, -0.1) is 0 Å². The normalized spacial score (nSPS) is 14.5. The second-order valence-electron chi connectivity index (χ2n) is 27.6. The lowest BCUT2D eigenvalue weighted by Crippen LogP contribution is -2.30. The molecular weight excluding hydrogens is 1200 g/mol. The molecule has 0 rings (SSSR count). The molecule has 17 nitrogen and oxygen atoms in total. The molecule has 0 radical (unpaired) electrons. The van der Waals surface area contributed by atoms with Gasteiger partial charge < -0.3 is 33.8 Å². The lowest BCUT2D eigenvalue weighted by Gasteiger charge is -2.21. The van der Waals surface area contributed by atoms with Gasteiger partial charge in [0, 0.05) is 25.7 Å². The fourth-order valence-electron chi connectivity index (χ4n) is 10.8. The first-order chi connectivity index (χ1) is 43.6. The van der Waals surface area contributed by atoms with E-state index < -0.39 is 97.5 Å². The third kappa shape index (κ3) is 65.1. The molecule has 0 aliphatic carbocycles. The zero-order chi connectivity index (χ0) is 67.5. The second kappa shape index (κ2) is 61.6. The molecular formula is C72H140O17P2. The number of carbonyl (C=O) groups is 4. The molecule has 0 spiro atoms. The van der Waals surface area contributed by atoms with Gasteiger partial charge in [0.25, 0.3) is 0 Å². The highest BCUT2D eigenvalue weighted by Gasteiger charge is 2.30.